The molecule has 0 aliphatic carbocycles. The molecule has 1 aromatic carbocycles. The van der Waals surface area contributed by atoms with Crippen LogP contribution in [0.5, 0.6) is 5.75 Å². The van der Waals surface area contributed by atoms with E-state index in [1.807, 2.05) is 43.5 Å². The lowest BCUT2D eigenvalue weighted by Crippen LogP contribution is -2.56. The minimum absolute atomic E-state index is 0.00288. The van der Waals surface area contributed by atoms with Crippen molar-refractivity contribution in [2.45, 2.75) is 13.0 Å². The Labute approximate surface area is 144 Å². The average Bonchev–Trinajstić information content (AvgIpc) is 3.02. The first-order chi connectivity index (χ1) is 12.0. The highest BCUT2D eigenvalue weighted by atomic mass is 16.5. The first-order valence-corrected chi connectivity index (χ1v) is 8.22. The van der Waals surface area contributed by atoms with E-state index >= 15 is 0 Å². The van der Waals surface area contributed by atoms with Crippen LogP contribution in [-0.4, -0.2) is 39.6 Å². The van der Waals surface area contributed by atoms with E-state index in [1.54, 1.807) is 16.5 Å². The summed E-state index contributed by atoms with van der Waals surface area (Å²) in [5.74, 6) is 0.564. The van der Waals surface area contributed by atoms with E-state index in [0.717, 1.165) is 16.6 Å². The summed E-state index contributed by atoms with van der Waals surface area (Å²) < 4.78 is 7.40. The van der Waals surface area contributed by atoms with Crippen LogP contribution in [0.3, 0.4) is 0 Å². The van der Waals surface area contributed by atoms with Crippen molar-refractivity contribution in [3.8, 4) is 5.75 Å². The van der Waals surface area contributed by atoms with E-state index < -0.39 is 0 Å². The number of H-pyrrole nitrogens is 1. The summed E-state index contributed by atoms with van der Waals surface area (Å²) in [6.07, 6.45) is 1.78. The third-order valence-corrected chi connectivity index (χ3v) is 4.71. The zero-order valence-corrected chi connectivity index (χ0v) is 14.2. The number of ether oxygens (including phenoxy) is 1. The van der Waals surface area contributed by atoms with Gasteiger partial charge in [-0.15, -0.1) is 0 Å². The summed E-state index contributed by atoms with van der Waals surface area (Å²) >= 11 is 0. The van der Waals surface area contributed by atoms with Gasteiger partial charge in [-0.05, 0) is 37.3 Å². The minimum Gasteiger partial charge on any atom is -0.486 e. The van der Waals surface area contributed by atoms with Crippen LogP contribution in [0.25, 0.3) is 10.9 Å². The van der Waals surface area contributed by atoms with Crippen LogP contribution in [0.4, 0.5) is 0 Å². The number of amides is 1. The fourth-order valence-electron chi connectivity index (χ4n) is 3.04. The van der Waals surface area contributed by atoms with Crippen LogP contribution >= 0.6 is 0 Å². The number of fused-ring (bicyclic) bond motifs is 1. The molecule has 6 heteroatoms. The topological polar surface area (TPSA) is 67.3 Å². The molecular formula is C19H19N3O3. The second-order valence-electron chi connectivity index (χ2n) is 6.46. The molecule has 1 fully saturated rings. The monoisotopic (exact) mass is 337 g/mol. The van der Waals surface area contributed by atoms with Crippen molar-refractivity contribution in [2.24, 2.45) is 7.05 Å². The van der Waals surface area contributed by atoms with Gasteiger partial charge in [0, 0.05) is 41.5 Å². The van der Waals surface area contributed by atoms with Crippen LogP contribution in [0.2, 0.25) is 0 Å². The van der Waals surface area contributed by atoms with Crippen molar-refractivity contribution in [1.29, 1.82) is 0 Å². The fourth-order valence-corrected chi connectivity index (χ4v) is 3.04. The third-order valence-electron chi connectivity index (χ3n) is 4.71. The number of carbonyl (C=O) groups is 1. The van der Waals surface area contributed by atoms with Crippen LogP contribution in [-0.2, 0) is 7.05 Å². The summed E-state index contributed by atoms with van der Waals surface area (Å²) in [5.41, 5.74) is 2.44. The smallest absolute Gasteiger partial charge is 0.254 e. The molecule has 0 bridgehead atoms. The molecule has 1 amide bonds. The van der Waals surface area contributed by atoms with E-state index in [-0.39, 0.29) is 17.6 Å². The quantitative estimate of drug-likeness (QED) is 0.796. The predicted octanol–water partition coefficient (Wildman–Crippen LogP) is 2.08. The Kier molecular flexibility index (Phi) is 3.60. The minimum atomic E-state index is -0.0953. The highest BCUT2D eigenvalue weighted by Crippen LogP contribution is 2.21. The lowest BCUT2D eigenvalue weighted by Gasteiger charge is -2.39. The van der Waals surface area contributed by atoms with Gasteiger partial charge < -0.3 is 19.2 Å². The first kappa shape index (κ1) is 15.5. The lowest BCUT2D eigenvalue weighted by atomic mass is 10.1. The van der Waals surface area contributed by atoms with Gasteiger partial charge in [-0.3, -0.25) is 9.59 Å². The number of rotatable bonds is 3. The Morgan fingerprint density at radius 1 is 1.20 bits per heavy atom. The van der Waals surface area contributed by atoms with Crippen LogP contribution in [0.15, 0.2) is 47.4 Å². The Bertz CT molecular complexity index is 1010. The van der Waals surface area contributed by atoms with Crippen molar-refractivity contribution in [1.82, 2.24) is 14.5 Å². The SMILES string of the molecule is Cc1cc(OC2CN(C(=O)c3ccc4[nH]ccc4c3)C2)cc(=O)n1C. The second kappa shape index (κ2) is 5.81. The molecule has 1 aliphatic heterocycles. The Morgan fingerprint density at radius 3 is 2.76 bits per heavy atom. The van der Waals surface area contributed by atoms with Gasteiger partial charge >= 0.3 is 0 Å². The van der Waals surface area contributed by atoms with Crippen molar-refractivity contribution in [2.75, 3.05) is 13.1 Å². The van der Waals surface area contributed by atoms with Gasteiger partial charge in [0.2, 0.25) is 0 Å². The summed E-state index contributed by atoms with van der Waals surface area (Å²) in [7, 11) is 1.73. The molecule has 0 atom stereocenters. The van der Waals surface area contributed by atoms with Gasteiger partial charge in [0.25, 0.3) is 11.5 Å². The number of nitrogens with zero attached hydrogens (tertiary/aromatic N) is 2. The summed E-state index contributed by atoms with van der Waals surface area (Å²) in [6, 6.07) is 10.9. The number of benzene rings is 1. The van der Waals surface area contributed by atoms with Crippen LogP contribution < -0.4 is 10.3 Å². The van der Waals surface area contributed by atoms with Gasteiger partial charge in [0.1, 0.15) is 11.9 Å². The summed E-state index contributed by atoms with van der Waals surface area (Å²) in [5, 5.41) is 1.02. The van der Waals surface area contributed by atoms with E-state index in [0.29, 0.717) is 24.4 Å². The normalized spacial score (nSPS) is 14.6. The Balaban J connectivity index is 1.41. The summed E-state index contributed by atoms with van der Waals surface area (Å²) in [4.78, 5) is 29.2. The van der Waals surface area contributed by atoms with Gasteiger partial charge in [0.15, 0.2) is 0 Å². The van der Waals surface area contributed by atoms with Crippen molar-refractivity contribution < 1.29 is 9.53 Å². The largest absolute Gasteiger partial charge is 0.486 e. The van der Waals surface area contributed by atoms with Gasteiger partial charge in [0.05, 0.1) is 13.1 Å². The molecule has 3 aromatic rings. The molecule has 4 rings (SSSR count). The van der Waals surface area contributed by atoms with E-state index in [9.17, 15) is 9.59 Å². The first-order valence-electron chi connectivity index (χ1n) is 8.22. The Morgan fingerprint density at radius 2 is 2.00 bits per heavy atom. The van der Waals surface area contributed by atoms with Crippen molar-refractivity contribution in [3.05, 3.63) is 64.2 Å². The van der Waals surface area contributed by atoms with Gasteiger partial charge in [-0.1, -0.05) is 0 Å². The number of aromatic amines is 1. The number of aromatic nitrogens is 2. The molecule has 128 valence electrons. The zero-order valence-electron chi connectivity index (χ0n) is 14.2. The maximum Gasteiger partial charge on any atom is 0.254 e. The van der Waals surface area contributed by atoms with Crippen molar-refractivity contribution in [3.63, 3.8) is 0 Å². The van der Waals surface area contributed by atoms with E-state index in [4.69, 9.17) is 4.74 Å². The molecule has 0 unspecified atom stereocenters. The summed E-state index contributed by atoms with van der Waals surface area (Å²) in [6.45, 7) is 2.92. The lowest BCUT2D eigenvalue weighted by molar-refractivity contribution is 0.0177. The maximum atomic E-state index is 12.6. The van der Waals surface area contributed by atoms with Crippen molar-refractivity contribution >= 4 is 16.8 Å². The number of aryl methyl sites for hydroxylation is 1. The number of likely N-dealkylation sites (tertiary alicyclic amines) is 1. The van der Waals surface area contributed by atoms with Gasteiger partial charge in [-0.25, -0.2) is 0 Å². The fraction of sp³-hybridized carbons (Fsp3) is 0.263. The molecule has 1 aliphatic rings. The van der Waals surface area contributed by atoms with Crippen LogP contribution in [0, 0.1) is 6.92 Å². The maximum absolute atomic E-state index is 12.6. The molecule has 1 N–H and O–H groups in total. The molecular weight excluding hydrogens is 318 g/mol. The number of hydrogen-bond donors (Lipinski definition) is 1. The molecule has 0 radical (unpaired) electrons. The van der Waals surface area contributed by atoms with Gasteiger partial charge in [-0.2, -0.15) is 0 Å². The number of pyridine rings is 1. The zero-order chi connectivity index (χ0) is 17.6. The number of nitrogens with one attached hydrogen (secondary N) is 1. The molecule has 25 heavy (non-hydrogen) atoms. The molecule has 2 aromatic heterocycles. The third kappa shape index (κ3) is 2.80. The molecule has 0 spiro atoms. The highest BCUT2D eigenvalue weighted by molar-refractivity contribution is 5.98. The second-order valence-corrected chi connectivity index (χ2v) is 6.46. The molecule has 6 nitrogen and oxygen atoms in total. The van der Waals surface area contributed by atoms with Crippen LogP contribution in [0.1, 0.15) is 16.1 Å². The molecule has 1 saturated heterocycles. The molecule has 0 saturated carbocycles. The Hall–Kier alpha value is -3.02. The highest BCUT2D eigenvalue weighted by Gasteiger charge is 2.33. The number of hydrogen-bond acceptors (Lipinski definition) is 3. The van der Waals surface area contributed by atoms with E-state index in [2.05, 4.69) is 4.98 Å². The average molecular weight is 337 g/mol. The number of carbonyl (C=O) groups excluding carboxylic acids is 1. The standard InChI is InChI=1S/C19H19N3O3/c1-12-7-15(9-18(23)21(12)2)25-16-10-22(11-16)19(24)14-3-4-17-13(8-14)5-6-20-17/h3-9,16,20H,10-11H2,1-2H3. The van der Waals surface area contributed by atoms with E-state index in [1.165, 1.54) is 6.07 Å². The predicted molar refractivity (Wildman–Crippen MR) is 95.0 cm³/mol. The molecule has 3 heterocycles.